The van der Waals surface area contributed by atoms with Gasteiger partial charge in [-0.2, -0.15) is 0 Å². The number of piperazine rings is 1. The van der Waals surface area contributed by atoms with Crippen molar-refractivity contribution in [1.29, 1.82) is 0 Å². The van der Waals surface area contributed by atoms with Gasteiger partial charge in [0.25, 0.3) is 0 Å². The quantitative estimate of drug-likeness (QED) is 0.797. The molecule has 0 bridgehead atoms. The molecular weight excluding hydrogens is 312 g/mol. The molecule has 2 unspecified atom stereocenters. The van der Waals surface area contributed by atoms with Crippen molar-refractivity contribution in [3.05, 3.63) is 24.3 Å². The normalized spacial score (nSPS) is 17.7. The van der Waals surface area contributed by atoms with Crippen LogP contribution in [0.3, 0.4) is 0 Å². The van der Waals surface area contributed by atoms with Gasteiger partial charge < -0.3 is 19.5 Å². The van der Waals surface area contributed by atoms with E-state index < -0.39 is 11.1 Å². The second-order valence-electron chi connectivity index (χ2n) is 5.12. The minimum atomic E-state index is -2.00. The first-order chi connectivity index (χ1) is 9.65. The lowest BCUT2D eigenvalue weighted by molar-refractivity contribution is 0.271. The van der Waals surface area contributed by atoms with E-state index in [9.17, 15) is 8.76 Å². The van der Waals surface area contributed by atoms with E-state index in [0.29, 0.717) is 6.61 Å². The van der Waals surface area contributed by atoms with Crippen LogP contribution in [0.4, 0.5) is 5.69 Å². The van der Waals surface area contributed by atoms with E-state index in [-0.39, 0.29) is 24.1 Å². The number of nitrogens with one attached hydrogen (secondary N) is 1. The SMILES string of the molecule is CC(COc1ccc(N2CCNCC2)cc1)CS(=O)[O-].Cl. The number of anilines is 1. The first-order valence-corrected chi connectivity index (χ1v) is 8.14. The van der Waals surface area contributed by atoms with E-state index in [2.05, 4.69) is 22.3 Å². The lowest BCUT2D eigenvalue weighted by atomic mass is 10.2. The highest BCUT2D eigenvalue weighted by Crippen LogP contribution is 2.20. The number of hydrogen-bond acceptors (Lipinski definition) is 5. The van der Waals surface area contributed by atoms with Crippen LogP contribution in [-0.2, 0) is 11.1 Å². The zero-order chi connectivity index (χ0) is 14.4. The Kier molecular flexibility index (Phi) is 8.03. The monoisotopic (exact) mass is 333 g/mol. The summed E-state index contributed by atoms with van der Waals surface area (Å²) in [6, 6.07) is 7.99. The Morgan fingerprint density at radius 1 is 1.33 bits per heavy atom. The van der Waals surface area contributed by atoms with Crippen LogP contribution in [-0.4, -0.2) is 47.3 Å². The minimum Gasteiger partial charge on any atom is -0.772 e. The first kappa shape index (κ1) is 18.2. The first-order valence-electron chi connectivity index (χ1n) is 6.89. The Balaban J connectivity index is 0.00000220. The standard InChI is InChI=1S/C14H22N2O3S.ClH/c1-12(11-20(17)18)10-19-14-4-2-13(3-5-14)16-8-6-15-7-9-16;/h2-5,12,15H,6-11H2,1H3,(H,17,18);1H/p-1. The van der Waals surface area contributed by atoms with E-state index >= 15 is 0 Å². The predicted octanol–water partition coefficient (Wildman–Crippen LogP) is 1.41. The van der Waals surface area contributed by atoms with Crippen LogP contribution in [0.1, 0.15) is 6.92 Å². The predicted molar refractivity (Wildman–Crippen MR) is 87.2 cm³/mol. The average molecular weight is 334 g/mol. The summed E-state index contributed by atoms with van der Waals surface area (Å²) in [5.74, 6) is 0.923. The molecule has 0 aliphatic carbocycles. The largest absolute Gasteiger partial charge is 0.772 e. The van der Waals surface area contributed by atoms with Gasteiger partial charge in [0.2, 0.25) is 0 Å². The van der Waals surface area contributed by atoms with Crippen molar-refractivity contribution in [2.45, 2.75) is 6.92 Å². The maximum absolute atomic E-state index is 10.6. The molecule has 0 aromatic heterocycles. The number of benzene rings is 1. The fourth-order valence-corrected chi connectivity index (χ4v) is 2.76. The van der Waals surface area contributed by atoms with Gasteiger partial charge >= 0.3 is 0 Å². The molecule has 1 aromatic rings. The van der Waals surface area contributed by atoms with Gasteiger partial charge in [0.1, 0.15) is 5.75 Å². The Morgan fingerprint density at radius 3 is 2.52 bits per heavy atom. The lowest BCUT2D eigenvalue weighted by Gasteiger charge is -2.29. The maximum atomic E-state index is 10.6. The van der Waals surface area contributed by atoms with Gasteiger partial charge in [-0.15, -0.1) is 12.4 Å². The highest BCUT2D eigenvalue weighted by atomic mass is 35.5. The van der Waals surface area contributed by atoms with Crippen LogP contribution in [0.15, 0.2) is 24.3 Å². The van der Waals surface area contributed by atoms with Gasteiger partial charge in [-0.1, -0.05) is 18.0 Å². The molecular formula is C14H22ClN2O3S-. The van der Waals surface area contributed by atoms with Crippen molar-refractivity contribution in [2.75, 3.05) is 43.4 Å². The van der Waals surface area contributed by atoms with Gasteiger partial charge in [0, 0.05) is 43.5 Å². The van der Waals surface area contributed by atoms with Crippen LogP contribution in [0.2, 0.25) is 0 Å². The topological polar surface area (TPSA) is 64.6 Å². The zero-order valence-electron chi connectivity index (χ0n) is 12.1. The highest BCUT2D eigenvalue weighted by Gasteiger charge is 2.10. The molecule has 2 rings (SSSR count). The number of rotatable bonds is 6. The van der Waals surface area contributed by atoms with Crippen LogP contribution in [0.25, 0.3) is 0 Å². The Morgan fingerprint density at radius 2 is 1.95 bits per heavy atom. The summed E-state index contributed by atoms with van der Waals surface area (Å²) in [5.41, 5.74) is 1.20. The van der Waals surface area contributed by atoms with Crippen LogP contribution < -0.4 is 15.0 Å². The molecule has 0 radical (unpaired) electrons. The van der Waals surface area contributed by atoms with Gasteiger partial charge in [-0.05, 0) is 24.3 Å². The summed E-state index contributed by atoms with van der Waals surface area (Å²) >= 11 is -2.00. The second kappa shape index (κ2) is 9.25. The van der Waals surface area contributed by atoms with Gasteiger partial charge in [-0.25, -0.2) is 0 Å². The molecule has 1 aliphatic rings. The third-order valence-electron chi connectivity index (χ3n) is 3.27. The van der Waals surface area contributed by atoms with E-state index in [1.54, 1.807) is 0 Å². The Labute approximate surface area is 134 Å². The van der Waals surface area contributed by atoms with Crippen molar-refractivity contribution >= 4 is 29.2 Å². The van der Waals surface area contributed by atoms with E-state index in [1.165, 1.54) is 5.69 Å². The highest BCUT2D eigenvalue weighted by molar-refractivity contribution is 7.79. The molecule has 1 aliphatic heterocycles. The minimum absolute atomic E-state index is 0. The van der Waals surface area contributed by atoms with Gasteiger partial charge in [0.15, 0.2) is 0 Å². The third-order valence-corrected chi connectivity index (χ3v) is 4.12. The van der Waals surface area contributed by atoms with Crippen LogP contribution in [0, 0.1) is 5.92 Å². The number of halogens is 1. The van der Waals surface area contributed by atoms with Crippen molar-refractivity contribution in [2.24, 2.45) is 5.92 Å². The molecule has 0 amide bonds. The van der Waals surface area contributed by atoms with E-state index in [1.807, 2.05) is 19.1 Å². The molecule has 21 heavy (non-hydrogen) atoms. The Hall–Kier alpha value is -0.820. The summed E-state index contributed by atoms with van der Waals surface area (Å²) in [4.78, 5) is 2.34. The molecule has 1 aromatic carbocycles. The number of hydrogen-bond donors (Lipinski definition) is 1. The van der Waals surface area contributed by atoms with Crippen molar-refractivity contribution in [1.82, 2.24) is 5.32 Å². The molecule has 120 valence electrons. The van der Waals surface area contributed by atoms with Gasteiger partial charge in [-0.3, -0.25) is 4.21 Å². The summed E-state index contributed by atoms with van der Waals surface area (Å²) in [6.45, 7) is 6.36. The van der Waals surface area contributed by atoms with Crippen molar-refractivity contribution in [3.63, 3.8) is 0 Å². The van der Waals surface area contributed by atoms with Crippen molar-refractivity contribution in [3.8, 4) is 5.75 Å². The molecule has 1 saturated heterocycles. The molecule has 1 fully saturated rings. The summed E-state index contributed by atoms with van der Waals surface area (Å²) in [7, 11) is 0. The van der Waals surface area contributed by atoms with Crippen molar-refractivity contribution < 1.29 is 13.5 Å². The molecule has 0 saturated carbocycles. The van der Waals surface area contributed by atoms with E-state index in [0.717, 1.165) is 31.9 Å². The maximum Gasteiger partial charge on any atom is 0.119 e. The lowest BCUT2D eigenvalue weighted by Crippen LogP contribution is -2.43. The van der Waals surface area contributed by atoms with Gasteiger partial charge in [0.05, 0.1) is 6.61 Å². The Bertz CT molecular complexity index is 438. The smallest absolute Gasteiger partial charge is 0.119 e. The fourth-order valence-electron chi connectivity index (χ4n) is 2.20. The van der Waals surface area contributed by atoms with E-state index in [4.69, 9.17) is 4.74 Å². The molecule has 0 spiro atoms. The fraction of sp³-hybridized carbons (Fsp3) is 0.571. The van der Waals surface area contributed by atoms with Crippen LogP contribution >= 0.6 is 12.4 Å². The molecule has 1 N–H and O–H groups in total. The molecule has 2 atom stereocenters. The second-order valence-corrected chi connectivity index (χ2v) is 6.06. The molecule has 5 nitrogen and oxygen atoms in total. The summed E-state index contributed by atoms with van der Waals surface area (Å²) in [5, 5.41) is 3.33. The summed E-state index contributed by atoms with van der Waals surface area (Å²) < 4.78 is 26.8. The number of ether oxygens (including phenoxy) is 1. The third kappa shape index (κ3) is 6.22. The number of nitrogens with zero attached hydrogens (tertiary/aromatic N) is 1. The average Bonchev–Trinajstić information content (AvgIpc) is 2.46. The molecule has 1 heterocycles. The molecule has 7 heteroatoms. The van der Waals surface area contributed by atoms with Crippen LogP contribution in [0.5, 0.6) is 5.75 Å². The summed E-state index contributed by atoms with van der Waals surface area (Å²) in [6.07, 6.45) is 0. The zero-order valence-corrected chi connectivity index (χ0v) is 13.8.